The fourth-order valence-electron chi connectivity index (χ4n) is 2.86. The zero-order valence-electron chi connectivity index (χ0n) is 13.0. The molecule has 20 heavy (non-hydrogen) atoms. The van der Waals surface area contributed by atoms with Gasteiger partial charge in [-0.3, -0.25) is 4.79 Å². The Bertz CT molecular complexity index is 347. The number of carbonyl (C=O) groups is 2. The van der Waals surface area contributed by atoms with Crippen LogP contribution in [0.2, 0.25) is 0 Å². The third-order valence-corrected chi connectivity index (χ3v) is 3.77. The van der Waals surface area contributed by atoms with Crippen LogP contribution in [0.1, 0.15) is 26.7 Å². The lowest BCUT2D eigenvalue weighted by Crippen LogP contribution is -2.49. The van der Waals surface area contributed by atoms with E-state index >= 15 is 0 Å². The summed E-state index contributed by atoms with van der Waals surface area (Å²) in [6.45, 7) is 6.76. The van der Waals surface area contributed by atoms with Gasteiger partial charge in [0.1, 0.15) is 0 Å². The molecule has 6 heteroatoms. The first-order valence-corrected chi connectivity index (χ1v) is 7.27. The second-order valence-electron chi connectivity index (χ2n) is 5.88. The zero-order chi connectivity index (χ0) is 15.3. The quantitative estimate of drug-likeness (QED) is 0.796. The van der Waals surface area contributed by atoms with Crippen molar-refractivity contribution in [3.8, 4) is 0 Å². The molecular formula is C14H27N3O3. The summed E-state index contributed by atoms with van der Waals surface area (Å²) in [6, 6.07) is 0.191. The largest absolute Gasteiger partial charge is 0.481 e. The van der Waals surface area contributed by atoms with E-state index < -0.39 is 5.97 Å². The zero-order valence-corrected chi connectivity index (χ0v) is 13.0. The molecule has 0 aliphatic carbocycles. The van der Waals surface area contributed by atoms with Gasteiger partial charge in [-0.25, -0.2) is 4.79 Å². The van der Waals surface area contributed by atoms with E-state index in [0.717, 1.165) is 13.0 Å². The van der Waals surface area contributed by atoms with Crippen LogP contribution in [0.5, 0.6) is 0 Å². The van der Waals surface area contributed by atoms with Gasteiger partial charge in [-0.2, -0.15) is 0 Å². The Labute approximate surface area is 121 Å². The lowest BCUT2D eigenvalue weighted by atomic mass is 10.1. The first kappa shape index (κ1) is 16.8. The van der Waals surface area contributed by atoms with Crippen molar-refractivity contribution < 1.29 is 14.7 Å². The van der Waals surface area contributed by atoms with Gasteiger partial charge in [0.05, 0.1) is 0 Å². The lowest BCUT2D eigenvalue weighted by Gasteiger charge is -2.33. The van der Waals surface area contributed by atoms with Crippen molar-refractivity contribution in [1.82, 2.24) is 14.7 Å². The Balaban J connectivity index is 2.57. The second-order valence-corrected chi connectivity index (χ2v) is 5.88. The summed E-state index contributed by atoms with van der Waals surface area (Å²) >= 11 is 0. The normalized spacial score (nSPS) is 20.2. The van der Waals surface area contributed by atoms with E-state index in [0.29, 0.717) is 19.6 Å². The summed E-state index contributed by atoms with van der Waals surface area (Å²) in [5, 5.41) is 8.82. The number of carbonyl (C=O) groups excluding carboxylic acids is 1. The molecule has 0 aromatic carbocycles. The maximum Gasteiger partial charge on any atom is 0.320 e. The van der Waals surface area contributed by atoms with Crippen LogP contribution in [0.4, 0.5) is 4.79 Å². The van der Waals surface area contributed by atoms with Crippen LogP contribution < -0.4 is 0 Å². The summed E-state index contributed by atoms with van der Waals surface area (Å²) in [4.78, 5) is 29.0. The SMILES string of the molecule is CCN(C(=O)N1CCC(CC(=O)O)C1)C(C)CN(C)C. The number of hydrogen-bond acceptors (Lipinski definition) is 3. The molecule has 1 saturated heterocycles. The van der Waals surface area contributed by atoms with Gasteiger partial charge in [-0.1, -0.05) is 0 Å². The van der Waals surface area contributed by atoms with Crippen LogP contribution in [-0.2, 0) is 4.79 Å². The van der Waals surface area contributed by atoms with Crippen LogP contribution in [0, 0.1) is 5.92 Å². The maximum atomic E-state index is 12.5. The summed E-state index contributed by atoms with van der Waals surface area (Å²) in [6.07, 6.45) is 0.945. The number of rotatable bonds is 6. The molecule has 1 rings (SSSR count). The molecule has 0 aromatic rings. The molecule has 1 N–H and O–H groups in total. The van der Waals surface area contributed by atoms with Crippen LogP contribution in [0.15, 0.2) is 0 Å². The van der Waals surface area contributed by atoms with E-state index in [9.17, 15) is 9.59 Å². The average molecular weight is 285 g/mol. The van der Waals surface area contributed by atoms with Gasteiger partial charge in [0, 0.05) is 38.6 Å². The molecule has 1 heterocycles. The molecule has 2 unspecified atom stereocenters. The number of likely N-dealkylation sites (tertiary alicyclic amines) is 1. The molecule has 0 spiro atoms. The highest BCUT2D eigenvalue weighted by molar-refractivity contribution is 5.75. The van der Waals surface area contributed by atoms with Gasteiger partial charge in [0.15, 0.2) is 0 Å². The summed E-state index contributed by atoms with van der Waals surface area (Å²) in [7, 11) is 3.99. The predicted octanol–water partition coefficient (Wildman–Crippen LogP) is 1.18. The van der Waals surface area contributed by atoms with Crippen molar-refractivity contribution in [3.63, 3.8) is 0 Å². The molecule has 2 atom stereocenters. The summed E-state index contributed by atoms with van der Waals surface area (Å²) < 4.78 is 0. The van der Waals surface area contributed by atoms with Crippen molar-refractivity contribution in [1.29, 1.82) is 0 Å². The van der Waals surface area contributed by atoms with Gasteiger partial charge in [-0.15, -0.1) is 0 Å². The number of aliphatic carboxylic acids is 1. The molecular weight excluding hydrogens is 258 g/mol. The van der Waals surface area contributed by atoms with E-state index in [2.05, 4.69) is 4.90 Å². The van der Waals surface area contributed by atoms with Crippen LogP contribution in [-0.4, -0.2) is 78.1 Å². The Morgan fingerprint density at radius 1 is 1.40 bits per heavy atom. The molecule has 6 nitrogen and oxygen atoms in total. The monoisotopic (exact) mass is 285 g/mol. The van der Waals surface area contributed by atoms with Gasteiger partial charge in [0.2, 0.25) is 0 Å². The number of likely N-dealkylation sites (N-methyl/N-ethyl adjacent to an activating group) is 2. The van der Waals surface area contributed by atoms with E-state index in [1.54, 1.807) is 4.90 Å². The van der Waals surface area contributed by atoms with Crippen molar-refractivity contribution in [2.45, 2.75) is 32.7 Å². The number of amides is 2. The van der Waals surface area contributed by atoms with Crippen molar-refractivity contribution in [2.24, 2.45) is 5.92 Å². The Hall–Kier alpha value is -1.30. The van der Waals surface area contributed by atoms with Crippen LogP contribution in [0.25, 0.3) is 0 Å². The minimum atomic E-state index is -0.780. The van der Waals surface area contributed by atoms with E-state index in [1.807, 2.05) is 32.8 Å². The topological polar surface area (TPSA) is 64.1 Å². The van der Waals surface area contributed by atoms with E-state index in [-0.39, 0.29) is 24.4 Å². The van der Waals surface area contributed by atoms with E-state index in [4.69, 9.17) is 5.11 Å². The minimum absolute atomic E-state index is 0.0368. The number of nitrogens with zero attached hydrogens (tertiary/aromatic N) is 3. The Morgan fingerprint density at radius 3 is 2.55 bits per heavy atom. The lowest BCUT2D eigenvalue weighted by molar-refractivity contribution is -0.138. The standard InChI is InChI=1S/C14H27N3O3/c1-5-17(11(2)9-15(3)4)14(20)16-7-6-12(10-16)8-13(18)19/h11-12H,5-10H2,1-4H3,(H,18,19). The van der Waals surface area contributed by atoms with E-state index in [1.165, 1.54) is 0 Å². The first-order chi connectivity index (χ1) is 9.35. The van der Waals surface area contributed by atoms with Crippen molar-refractivity contribution in [3.05, 3.63) is 0 Å². The fourth-order valence-corrected chi connectivity index (χ4v) is 2.86. The van der Waals surface area contributed by atoms with Crippen molar-refractivity contribution >= 4 is 12.0 Å². The maximum absolute atomic E-state index is 12.5. The van der Waals surface area contributed by atoms with Crippen LogP contribution >= 0.6 is 0 Å². The Kier molecular flexibility index (Phi) is 6.26. The molecule has 0 radical (unpaired) electrons. The smallest absolute Gasteiger partial charge is 0.320 e. The predicted molar refractivity (Wildman–Crippen MR) is 77.7 cm³/mol. The Morgan fingerprint density at radius 2 is 2.05 bits per heavy atom. The highest BCUT2D eigenvalue weighted by atomic mass is 16.4. The van der Waals surface area contributed by atoms with Crippen LogP contribution in [0.3, 0.4) is 0 Å². The molecule has 1 aliphatic heterocycles. The number of carboxylic acid groups (broad SMARTS) is 1. The van der Waals surface area contributed by atoms with Gasteiger partial charge in [0.25, 0.3) is 0 Å². The molecule has 0 bridgehead atoms. The molecule has 0 saturated carbocycles. The minimum Gasteiger partial charge on any atom is -0.481 e. The molecule has 1 fully saturated rings. The number of carboxylic acids is 1. The van der Waals surface area contributed by atoms with Crippen molar-refractivity contribution in [2.75, 3.05) is 40.3 Å². The second kappa shape index (κ2) is 7.47. The average Bonchev–Trinajstić information content (AvgIpc) is 2.76. The van der Waals surface area contributed by atoms with Gasteiger partial charge in [-0.05, 0) is 40.3 Å². The molecule has 116 valence electrons. The molecule has 0 aromatic heterocycles. The third kappa shape index (κ3) is 4.67. The highest BCUT2D eigenvalue weighted by Gasteiger charge is 2.31. The third-order valence-electron chi connectivity index (χ3n) is 3.77. The molecule has 1 aliphatic rings. The van der Waals surface area contributed by atoms with Gasteiger partial charge >= 0.3 is 12.0 Å². The number of hydrogen-bond donors (Lipinski definition) is 1. The number of urea groups is 1. The fraction of sp³-hybridized carbons (Fsp3) is 0.857. The summed E-state index contributed by atoms with van der Waals surface area (Å²) in [5.74, 6) is -0.683. The van der Waals surface area contributed by atoms with Gasteiger partial charge < -0.3 is 19.8 Å². The highest BCUT2D eigenvalue weighted by Crippen LogP contribution is 2.21. The summed E-state index contributed by atoms with van der Waals surface area (Å²) in [5.41, 5.74) is 0. The first-order valence-electron chi connectivity index (χ1n) is 7.27. The molecule has 2 amide bonds.